The minimum Gasteiger partial charge on any atom is -0.465 e. The number of halogens is 1. The molecule has 1 aromatic rings. The first-order valence-corrected chi connectivity index (χ1v) is 10.5. The third-order valence-electron chi connectivity index (χ3n) is 2.78. The van der Waals surface area contributed by atoms with Gasteiger partial charge in [0.1, 0.15) is 0 Å². The van der Waals surface area contributed by atoms with Crippen molar-refractivity contribution in [2.45, 2.75) is 13.5 Å². The van der Waals surface area contributed by atoms with Gasteiger partial charge in [0.25, 0.3) is 0 Å². The minimum absolute atomic E-state index is 0.326. The second-order valence-electron chi connectivity index (χ2n) is 4.22. The fourth-order valence-corrected chi connectivity index (χ4v) is 2.46. The van der Waals surface area contributed by atoms with Crippen molar-refractivity contribution in [3.8, 4) is 0 Å². The number of ether oxygens (including phenoxy) is 3. The lowest BCUT2D eigenvalue weighted by atomic mass is 10.1. The van der Waals surface area contributed by atoms with Crippen LogP contribution in [0.15, 0.2) is 18.2 Å². The Hall–Kier alpha value is -0.270. The molecule has 0 aliphatic heterocycles. The van der Waals surface area contributed by atoms with E-state index in [-0.39, 0.29) is 5.97 Å². The predicted octanol–water partition coefficient (Wildman–Crippen LogP) is 3.27. The second kappa shape index (κ2) is 11.3. The van der Waals surface area contributed by atoms with E-state index in [0.717, 1.165) is 11.1 Å². The van der Waals surface area contributed by atoms with Gasteiger partial charge in [-0.25, -0.2) is 4.79 Å². The Morgan fingerprint density at radius 2 is 1.90 bits per heavy atom. The number of benzene rings is 1. The molecule has 0 aliphatic carbocycles. The van der Waals surface area contributed by atoms with Crippen LogP contribution in [0.25, 0.3) is 0 Å². The number of rotatable bonds is 10. The third-order valence-corrected chi connectivity index (χ3v) is 4.03. The van der Waals surface area contributed by atoms with Crippen molar-refractivity contribution in [1.29, 1.82) is 0 Å². The van der Waals surface area contributed by atoms with Gasteiger partial charge in [0, 0.05) is 0 Å². The van der Waals surface area contributed by atoms with Gasteiger partial charge in [-0.1, -0.05) is 6.07 Å². The number of methoxy groups -OCH3 is 1. The summed E-state index contributed by atoms with van der Waals surface area (Å²) in [7, 11) is 1.38. The Balaban J connectivity index is 2.25. The maximum atomic E-state index is 11.4. The molecular weight excluding hydrogens is 406 g/mol. The molecule has 0 heterocycles. The summed E-state index contributed by atoms with van der Waals surface area (Å²) in [5, 5.41) is 0. The van der Waals surface area contributed by atoms with Crippen LogP contribution >= 0.6 is 28.5 Å². The maximum Gasteiger partial charge on any atom is 0.337 e. The number of carbonyl (C=O) groups excluding carboxylic acids is 1. The maximum absolute atomic E-state index is 11.4. The summed E-state index contributed by atoms with van der Waals surface area (Å²) in [6, 6.07) is 5.44. The van der Waals surface area contributed by atoms with Crippen LogP contribution in [0.4, 0.5) is 0 Å². The highest BCUT2D eigenvalue weighted by Gasteiger charge is 2.07. The van der Waals surface area contributed by atoms with E-state index < -0.39 is 0 Å². The van der Waals surface area contributed by atoms with E-state index in [2.05, 4.69) is 26.8 Å². The number of hydrogen-bond donors (Lipinski definition) is 0. The van der Waals surface area contributed by atoms with Gasteiger partial charge in [0.05, 0.1) is 52.2 Å². The van der Waals surface area contributed by atoms with Gasteiger partial charge in [0.15, 0.2) is 0 Å². The Bertz CT molecular complexity index is 441. The van der Waals surface area contributed by atoms with Crippen molar-refractivity contribution in [2.24, 2.45) is 0 Å². The molecule has 0 saturated heterocycles. The summed E-state index contributed by atoms with van der Waals surface area (Å²) in [5.74, 6) is -0.326. The van der Waals surface area contributed by atoms with Gasteiger partial charge < -0.3 is 18.7 Å². The molecule has 0 aromatic heterocycles. The zero-order valence-corrected chi connectivity index (χ0v) is 15.3. The third kappa shape index (κ3) is 7.51. The van der Waals surface area contributed by atoms with E-state index in [1.165, 1.54) is 7.11 Å². The molecular formula is C14H20IO5P. The minimum atomic E-state index is -0.326. The standard InChI is InChI=1S/C14H20IO5P/c1-11-9-12(14(16)17-2)3-4-13(11)10-19-6-5-18-7-8-20-21-15/h3-4,9,21H,5-8,10H2,1-2H3. The Morgan fingerprint density at radius 1 is 1.19 bits per heavy atom. The van der Waals surface area contributed by atoms with Crippen molar-refractivity contribution < 1.29 is 23.5 Å². The highest BCUT2D eigenvalue weighted by Crippen LogP contribution is 2.20. The smallest absolute Gasteiger partial charge is 0.337 e. The molecule has 21 heavy (non-hydrogen) atoms. The summed E-state index contributed by atoms with van der Waals surface area (Å²) in [6.45, 7) is 5.21. The monoisotopic (exact) mass is 426 g/mol. The first kappa shape index (κ1) is 18.8. The summed E-state index contributed by atoms with van der Waals surface area (Å²) < 4.78 is 20.8. The van der Waals surface area contributed by atoms with Crippen LogP contribution in [-0.4, -0.2) is 39.5 Å². The van der Waals surface area contributed by atoms with Crippen LogP contribution < -0.4 is 0 Å². The first-order valence-electron chi connectivity index (χ1n) is 6.49. The van der Waals surface area contributed by atoms with Gasteiger partial charge >= 0.3 is 5.97 Å². The predicted molar refractivity (Wildman–Crippen MR) is 91.3 cm³/mol. The molecule has 0 fully saturated rings. The summed E-state index contributed by atoms with van der Waals surface area (Å²) in [4.78, 5) is 11.4. The zero-order valence-electron chi connectivity index (χ0n) is 12.2. The van der Waals surface area contributed by atoms with Gasteiger partial charge in [-0.15, -0.1) is 0 Å². The van der Waals surface area contributed by atoms with E-state index in [1.54, 1.807) is 6.07 Å². The van der Waals surface area contributed by atoms with E-state index in [9.17, 15) is 4.79 Å². The fourth-order valence-electron chi connectivity index (χ4n) is 1.64. The molecule has 0 amide bonds. The molecule has 118 valence electrons. The first-order chi connectivity index (χ1) is 10.2. The largest absolute Gasteiger partial charge is 0.465 e. The highest BCUT2D eigenvalue weighted by atomic mass is 127. The van der Waals surface area contributed by atoms with Gasteiger partial charge in [-0.3, -0.25) is 0 Å². The molecule has 1 atom stereocenters. The average molecular weight is 426 g/mol. The Labute approximate surface area is 140 Å². The van der Waals surface area contributed by atoms with Crippen LogP contribution in [0.1, 0.15) is 21.5 Å². The lowest BCUT2D eigenvalue weighted by Gasteiger charge is -2.09. The molecule has 7 heteroatoms. The number of aryl methyl sites for hydroxylation is 1. The SMILES string of the molecule is COC(=O)c1ccc(COCCOCCOPI)c(C)c1. The van der Waals surface area contributed by atoms with E-state index in [4.69, 9.17) is 14.0 Å². The molecule has 0 radical (unpaired) electrons. The summed E-state index contributed by atoms with van der Waals surface area (Å²) in [6.07, 6.45) is 0. The number of esters is 1. The van der Waals surface area contributed by atoms with Crippen LogP contribution in [0.2, 0.25) is 0 Å². The Kier molecular flexibility index (Phi) is 10.1. The van der Waals surface area contributed by atoms with Crippen molar-refractivity contribution in [3.63, 3.8) is 0 Å². The second-order valence-corrected chi connectivity index (χ2v) is 5.99. The molecule has 0 saturated carbocycles. The van der Waals surface area contributed by atoms with Gasteiger partial charge in [-0.05, 0) is 52.2 Å². The molecule has 0 aliphatic rings. The van der Waals surface area contributed by atoms with Gasteiger partial charge in [-0.2, -0.15) is 0 Å². The summed E-state index contributed by atoms with van der Waals surface area (Å²) >= 11 is 2.18. The average Bonchev–Trinajstić information content (AvgIpc) is 2.50. The van der Waals surface area contributed by atoms with E-state index in [0.29, 0.717) is 45.0 Å². The molecule has 0 bridgehead atoms. The van der Waals surface area contributed by atoms with Gasteiger partial charge in [0.2, 0.25) is 0 Å². The molecule has 5 nitrogen and oxygen atoms in total. The number of carbonyl (C=O) groups is 1. The molecule has 0 spiro atoms. The quantitative estimate of drug-likeness (QED) is 0.249. The van der Waals surface area contributed by atoms with Crippen LogP contribution in [-0.2, 0) is 25.3 Å². The normalized spacial score (nSPS) is 11.2. The summed E-state index contributed by atoms with van der Waals surface area (Å²) in [5.41, 5.74) is 2.62. The lowest BCUT2D eigenvalue weighted by molar-refractivity contribution is 0.0320. The van der Waals surface area contributed by atoms with Crippen molar-refractivity contribution in [2.75, 3.05) is 33.5 Å². The van der Waals surface area contributed by atoms with Crippen LogP contribution in [0.3, 0.4) is 0 Å². The molecule has 1 rings (SSSR count). The lowest BCUT2D eigenvalue weighted by Crippen LogP contribution is -2.08. The van der Waals surface area contributed by atoms with Crippen LogP contribution in [0.5, 0.6) is 0 Å². The topological polar surface area (TPSA) is 54.0 Å². The van der Waals surface area contributed by atoms with E-state index in [1.807, 2.05) is 19.1 Å². The fraction of sp³-hybridized carbons (Fsp3) is 0.500. The highest BCUT2D eigenvalue weighted by molar-refractivity contribution is 14.2. The molecule has 1 unspecified atom stereocenters. The zero-order chi connectivity index (χ0) is 15.5. The number of hydrogen-bond acceptors (Lipinski definition) is 5. The Morgan fingerprint density at radius 3 is 2.57 bits per heavy atom. The van der Waals surface area contributed by atoms with E-state index >= 15 is 0 Å². The van der Waals surface area contributed by atoms with Crippen molar-refractivity contribution in [3.05, 3.63) is 34.9 Å². The van der Waals surface area contributed by atoms with Crippen molar-refractivity contribution in [1.82, 2.24) is 0 Å². The molecule has 1 aromatic carbocycles. The molecule has 0 N–H and O–H groups in total. The van der Waals surface area contributed by atoms with Crippen molar-refractivity contribution >= 4 is 34.5 Å². The van der Waals surface area contributed by atoms with Crippen LogP contribution in [0, 0.1) is 6.92 Å².